The normalized spacial score (nSPS) is 16.7. The fourth-order valence-electron chi connectivity index (χ4n) is 3.15. The van der Waals surface area contributed by atoms with Crippen LogP contribution >= 0.6 is 0 Å². The smallest absolute Gasteiger partial charge is 0.251 e. The summed E-state index contributed by atoms with van der Waals surface area (Å²) in [7, 11) is 0. The number of benzene rings is 1. The van der Waals surface area contributed by atoms with Crippen molar-refractivity contribution < 1.29 is 9.53 Å². The topological polar surface area (TPSA) is 64.3 Å². The van der Waals surface area contributed by atoms with Crippen LogP contribution in [-0.2, 0) is 0 Å². The minimum absolute atomic E-state index is 0.0667. The van der Waals surface area contributed by atoms with E-state index < -0.39 is 0 Å². The number of nitrogens with one attached hydrogen (secondary N) is 1. The highest BCUT2D eigenvalue weighted by Crippen LogP contribution is 2.40. The van der Waals surface area contributed by atoms with Gasteiger partial charge in [0.15, 0.2) is 0 Å². The molecule has 1 aromatic rings. The maximum Gasteiger partial charge on any atom is 0.251 e. The van der Waals surface area contributed by atoms with Gasteiger partial charge in [-0.25, -0.2) is 0 Å². The van der Waals surface area contributed by atoms with Crippen molar-refractivity contribution in [1.82, 2.24) is 5.32 Å². The van der Waals surface area contributed by atoms with Crippen LogP contribution < -0.4 is 15.8 Å². The zero-order chi connectivity index (χ0) is 15.3. The number of carbonyl (C=O) groups excluding carboxylic acids is 1. The predicted molar refractivity (Wildman–Crippen MR) is 85.5 cm³/mol. The molecule has 0 heterocycles. The second kappa shape index (κ2) is 6.83. The average molecular weight is 290 g/mol. The maximum absolute atomic E-state index is 12.3. The largest absolute Gasteiger partial charge is 0.494 e. The number of amides is 1. The molecule has 4 nitrogen and oxygen atoms in total. The third-order valence-corrected chi connectivity index (χ3v) is 4.54. The molecule has 0 atom stereocenters. The molecule has 4 heteroatoms. The molecule has 1 fully saturated rings. The molecule has 0 spiro atoms. The summed E-state index contributed by atoms with van der Waals surface area (Å²) in [5, 5.41) is 3.08. The Hall–Kier alpha value is -1.71. The molecule has 0 unspecified atom stereocenters. The first-order chi connectivity index (χ1) is 10.1. The van der Waals surface area contributed by atoms with Gasteiger partial charge < -0.3 is 15.8 Å². The minimum atomic E-state index is -0.0667. The molecular weight excluding hydrogens is 264 g/mol. The Kier molecular flexibility index (Phi) is 5.10. The van der Waals surface area contributed by atoms with Crippen molar-refractivity contribution in [3.63, 3.8) is 0 Å². The quantitative estimate of drug-likeness (QED) is 0.789. The highest BCUT2D eigenvalue weighted by atomic mass is 16.5. The summed E-state index contributed by atoms with van der Waals surface area (Å²) in [4.78, 5) is 12.3. The molecule has 1 aliphatic carbocycles. The van der Waals surface area contributed by atoms with E-state index in [2.05, 4.69) is 12.2 Å². The summed E-state index contributed by atoms with van der Waals surface area (Å²) in [6.07, 6.45) is 6.09. The second-order valence-electron chi connectivity index (χ2n) is 5.97. The fraction of sp³-hybridized carbons (Fsp3) is 0.588. The summed E-state index contributed by atoms with van der Waals surface area (Å²) in [5.41, 5.74) is 7.25. The lowest BCUT2D eigenvalue weighted by Crippen LogP contribution is -2.35. The molecule has 3 N–H and O–H groups in total. The molecule has 1 aromatic carbocycles. The van der Waals surface area contributed by atoms with Gasteiger partial charge in [-0.1, -0.05) is 19.8 Å². The van der Waals surface area contributed by atoms with Gasteiger partial charge in [-0.15, -0.1) is 0 Å². The van der Waals surface area contributed by atoms with Gasteiger partial charge in [-0.2, -0.15) is 0 Å². The number of carbonyl (C=O) groups is 1. The van der Waals surface area contributed by atoms with E-state index in [0.29, 0.717) is 29.0 Å². The SMILES string of the molecule is CCOc1cc(N)cc(C(=O)NCC2(CC)CCCC2)c1. The van der Waals surface area contributed by atoms with Crippen LogP contribution in [0.15, 0.2) is 18.2 Å². The summed E-state index contributed by atoms with van der Waals surface area (Å²) >= 11 is 0. The zero-order valence-corrected chi connectivity index (χ0v) is 13.1. The van der Waals surface area contributed by atoms with Crippen molar-refractivity contribution in [2.75, 3.05) is 18.9 Å². The molecule has 0 bridgehead atoms. The van der Waals surface area contributed by atoms with Crippen molar-refractivity contribution in [2.24, 2.45) is 5.41 Å². The Labute approximate surface area is 127 Å². The van der Waals surface area contributed by atoms with Crippen LogP contribution in [0.1, 0.15) is 56.3 Å². The molecule has 116 valence electrons. The summed E-state index contributed by atoms with van der Waals surface area (Å²) in [6, 6.07) is 5.19. The second-order valence-corrected chi connectivity index (χ2v) is 5.97. The summed E-state index contributed by atoms with van der Waals surface area (Å²) < 4.78 is 5.44. The first kappa shape index (κ1) is 15.7. The van der Waals surface area contributed by atoms with Gasteiger partial charge in [0.1, 0.15) is 5.75 Å². The van der Waals surface area contributed by atoms with Gasteiger partial charge in [0.25, 0.3) is 5.91 Å². The number of nitrogen functional groups attached to an aromatic ring is 1. The van der Waals surface area contributed by atoms with Crippen LogP contribution in [0.5, 0.6) is 5.75 Å². The van der Waals surface area contributed by atoms with Crippen molar-refractivity contribution >= 4 is 11.6 Å². The highest BCUT2D eigenvalue weighted by Gasteiger charge is 2.32. The Morgan fingerprint density at radius 2 is 2.00 bits per heavy atom. The van der Waals surface area contributed by atoms with Crippen molar-refractivity contribution in [3.8, 4) is 5.75 Å². The maximum atomic E-state index is 12.3. The van der Waals surface area contributed by atoms with E-state index in [1.165, 1.54) is 25.7 Å². The van der Waals surface area contributed by atoms with E-state index in [1.807, 2.05) is 6.92 Å². The zero-order valence-electron chi connectivity index (χ0n) is 13.1. The number of nitrogens with two attached hydrogens (primary N) is 1. The van der Waals surface area contributed by atoms with Crippen LogP contribution in [0.25, 0.3) is 0 Å². The van der Waals surface area contributed by atoms with E-state index in [0.717, 1.165) is 13.0 Å². The Bertz CT molecular complexity index is 494. The molecular formula is C17H26N2O2. The van der Waals surface area contributed by atoms with E-state index >= 15 is 0 Å². The summed E-state index contributed by atoms with van der Waals surface area (Å²) in [6.45, 7) is 5.43. The molecule has 0 saturated heterocycles. The number of rotatable bonds is 6. The molecule has 2 rings (SSSR count). The fourth-order valence-corrected chi connectivity index (χ4v) is 3.15. The highest BCUT2D eigenvalue weighted by molar-refractivity contribution is 5.95. The standard InChI is InChI=1S/C17H26N2O2/c1-3-17(7-5-6-8-17)12-19-16(20)13-9-14(18)11-15(10-13)21-4-2/h9-11H,3-8,12,18H2,1-2H3,(H,19,20). The molecule has 0 aromatic heterocycles. The Morgan fingerprint density at radius 3 is 2.62 bits per heavy atom. The van der Waals surface area contributed by atoms with E-state index in [9.17, 15) is 4.79 Å². The lowest BCUT2D eigenvalue weighted by atomic mass is 9.83. The number of hydrogen-bond acceptors (Lipinski definition) is 3. The van der Waals surface area contributed by atoms with E-state index in [1.54, 1.807) is 18.2 Å². The van der Waals surface area contributed by atoms with Crippen LogP contribution in [-0.4, -0.2) is 19.1 Å². The van der Waals surface area contributed by atoms with Gasteiger partial charge >= 0.3 is 0 Å². The number of ether oxygens (including phenoxy) is 1. The lowest BCUT2D eigenvalue weighted by Gasteiger charge is -2.27. The molecule has 0 radical (unpaired) electrons. The predicted octanol–water partition coefficient (Wildman–Crippen LogP) is 3.37. The van der Waals surface area contributed by atoms with E-state index in [-0.39, 0.29) is 5.91 Å². The van der Waals surface area contributed by atoms with Crippen molar-refractivity contribution in [2.45, 2.75) is 46.0 Å². The molecule has 21 heavy (non-hydrogen) atoms. The van der Waals surface area contributed by atoms with Gasteiger partial charge in [-0.3, -0.25) is 4.79 Å². The van der Waals surface area contributed by atoms with Crippen LogP contribution in [0.2, 0.25) is 0 Å². The molecule has 1 aliphatic rings. The molecule has 0 aliphatic heterocycles. The van der Waals surface area contributed by atoms with E-state index in [4.69, 9.17) is 10.5 Å². The first-order valence-electron chi connectivity index (χ1n) is 7.90. The van der Waals surface area contributed by atoms with Crippen LogP contribution in [0, 0.1) is 5.41 Å². The third kappa shape index (κ3) is 3.90. The van der Waals surface area contributed by atoms with Gasteiger partial charge in [0, 0.05) is 23.9 Å². The average Bonchev–Trinajstić information content (AvgIpc) is 2.94. The van der Waals surface area contributed by atoms with Crippen molar-refractivity contribution in [1.29, 1.82) is 0 Å². The Morgan fingerprint density at radius 1 is 1.29 bits per heavy atom. The van der Waals surface area contributed by atoms with Crippen LogP contribution in [0.3, 0.4) is 0 Å². The Balaban J connectivity index is 2.02. The van der Waals surface area contributed by atoms with Crippen molar-refractivity contribution in [3.05, 3.63) is 23.8 Å². The number of hydrogen-bond donors (Lipinski definition) is 2. The van der Waals surface area contributed by atoms with Gasteiger partial charge in [0.05, 0.1) is 6.61 Å². The number of anilines is 1. The van der Waals surface area contributed by atoms with Crippen LogP contribution in [0.4, 0.5) is 5.69 Å². The molecule has 1 amide bonds. The monoisotopic (exact) mass is 290 g/mol. The molecule has 1 saturated carbocycles. The minimum Gasteiger partial charge on any atom is -0.494 e. The summed E-state index contributed by atoms with van der Waals surface area (Å²) in [5.74, 6) is 0.580. The first-order valence-corrected chi connectivity index (χ1v) is 7.90. The van der Waals surface area contributed by atoms with Gasteiger partial charge in [0.2, 0.25) is 0 Å². The lowest BCUT2D eigenvalue weighted by molar-refractivity contribution is 0.0928. The van der Waals surface area contributed by atoms with Gasteiger partial charge in [-0.05, 0) is 43.7 Å². The third-order valence-electron chi connectivity index (χ3n) is 4.54.